The van der Waals surface area contributed by atoms with E-state index in [1.54, 1.807) is 6.07 Å². The fourth-order valence-corrected chi connectivity index (χ4v) is 2.95. The summed E-state index contributed by atoms with van der Waals surface area (Å²) >= 11 is 5.89. The predicted molar refractivity (Wildman–Crippen MR) is 93.0 cm³/mol. The van der Waals surface area contributed by atoms with Crippen LogP contribution in [0.4, 0.5) is 11.4 Å². The van der Waals surface area contributed by atoms with Gasteiger partial charge in [-0.15, -0.1) is 0 Å². The van der Waals surface area contributed by atoms with Crippen molar-refractivity contribution in [2.75, 3.05) is 4.90 Å². The van der Waals surface area contributed by atoms with Crippen LogP contribution < -0.4 is 10.6 Å². The summed E-state index contributed by atoms with van der Waals surface area (Å²) in [5.74, 6) is -0.241. The standard InChI is InChI=1S/C16H19ClN4O2/c1-3-16(8-6-11(2)7-9-16)20(15(18)19)13-5-4-12(17)10-14(13)21(22)23/h4-8,10H,3,9H2,1-2H3,(H3,18,19). The van der Waals surface area contributed by atoms with Gasteiger partial charge in [-0.1, -0.05) is 42.3 Å². The van der Waals surface area contributed by atoms with Crippen molar-refractivity contribution in [3.8, 4) is 0 Å². The first-order valence-corrected chi connectivity index (χ1v) is 7.63. The molecule has 0 amide bonds. The van der Waals surface area contributed by atoms with Gasteiger partial charge in [0.05, 0.1) is 10.5 Å². The lowest BCUT2D eigenvalue weighted by Gasteiger charge is -2.42. The Hall–Kier alpha value is -2.34. The van der Waals surface area contributed by atoms with Crippen LogP contribution in [0.25, 0.3) is 0 Å². The van der Waals surface area contributed by atoms with Crippen LogP contribution in [0.3, 0.4) is 0 Å². The van der Waals surface area contributed by atoms with Crippen LogP contribution in [0.15, 0.2) is 42.0 Å². The number of nitro groups is 1. The summed E-state index contributed by atoms with van der Waals surface area (Å²) in [4.78, 5) is 12.4. The van der Waals surface area contributed by atoms with Gasteiger partial charge in [0.1, 0.15) is 5.69 Å². The third kappa shape index (κ3) is 3.22. The molecule has 0 aromatic heterocycles. The molecular weight excluding hydrogens is 316 g/mol. The lowest BCUT2D eigenvalue weighted by atomic mass is 9.84. The third-order valence-electron chi connectivity index (χ3n) is 4.11. The first-order chi connectivity index (χ1) is 10.8. The summed E-state index contributed by atoms with van der Waals surface area (Å²) < 4.78 is 0. The second-order valence-electron chi connectivity index (χ2n) is 5.55. The second-order valence-corrected chi connectivity index (χ2v) is 5.99. The maximum Gasteiger partial charge on any atom is 0.294 e. The molecule has 2 rings (SSSR count). The molecule has 7 heteroatoms. The molecule has 0 saturated heterocycles. The maximum absolute atomic E-state index is 11.4. The molecule has 0 bridgehead atoms. The van der Waals surface area contributed by atoms with Crippen molar-refractivity contribution in [2.24, 2.45) is 5.73 Å². The van der Waals surface area contributed by atoms with Crippen molar-refractivity contribution >= 4 is 28.9 Å². The van der Waals surface area contributed by atoms with E-state index in [1.807, 2.05) is 32.1 Å². The van der Waals surface area contributed by atoms with E-state index < -0.39 is 10.5 Å². The Bertz CT molecular complexity index is 714. The number of hydrogen-bond donors (Lipinski definition) is 2. The summed E-state index contributed by atoms with van der Waals surface area (Å²) in [5, 5.41) is 19.7. The molecule has 0 heterocycles. The summed E-state index contributed by atoms with van der Waals surface area (Å²) in [6, 6.07) is 4.39. The zero-order valence-electron chi connectivity index (χ0n) is 13.0. The minimum absolute atomic E-state index is 0.166. The van der Waals surface area contributed by atoms with E-state index in [1.165, 1.54) is 17.0 Å². The largest absolute Gasteiger partial charge is 0.370 e. The summed E-state index contributed by atoms with van der Waals surface area (Å²) in [6.07, 6.45) is 7.21. The minimum atomic E-state index is -0.607. The van der Waals surface area contributed by atoms with Gasteiger partial charge in [0.2, 0.25) is 0 Å². The molecule has 122 valence electrons. The predicted octanol–water partition coefficient (Wildman–Crippen LogP) is 4.00. The first-order valence-electron chi connectivity index (χ1n) is 7.25. The Labute approximate surface area is 139 Å². The van der Waals surface area contributed by atoms with Crippen LogP contribution >= 0.6 is 11.6 Å². The Balaban J connectivity index is 2.62. The zero-order valence-corrected chi connectivity index (χ0v) is 13.8. The Morgan fingerprint density at radius 3 is 2.74 bits per heavy atom. The van der Waals surface area contributed by atoms with Gasteiger partial charge in [0, 0.05) is 11.1 Å². The van der Waals surface area contributed by atoms with Crippen molar-refractivity contribution in [1.82, 2.24) is 0 Å². The molecule has 1 aliphatic carbocycles. The van der Waals surface area contributed by atoms with Crippen molar-refractivity contribution in [3.05, 3.63) is 57.1 Å². The Kier molecular flexibility index (Phi) is 4.75. The lowest BCUT2D eigenvalue weighted by molar-refractivity contribution is -0.384. The van der Waals surface area contributed by atoms with E-state index in [4.69, 9.17) is 22.7 Å². The number of nitrogens with zero attached hydrogens (tertiary/aromatic N) is 2. The average molecular weight is 335 g/mol. The zero-order chi connectivity index (χ0) is 17.2. The Morgan fingerprint density at radius 2 is 2.26 bits per heavy atom. The quantitative estimate of drug-likeness (QED) is 0.376. The van der Waals surface area contributed by atoms with Gasteiger partial charge < -0.3 is 5.73 Å². The second kappa shape index (κ2) is 6.42. The smallest absolute Gasteiger partial charge is 0.294 e. The van der Waals surface area contributed by atoms with Crippen molar-refractivity contribution < 1.29 is 4.92 Å². The number of nitro benzene ring substituents is 1. The van der Waals surface area contributed by atoms with Gasteiger partial charge in [-0.3, -0.25) is 20.4 Å². The number of nitrogens with one attached hydrogen (secondary N) is 1. The SMILES string of the molecule is CCC1(N(C(=N)N)c2ccc(Cl)cc2[N+](=O)[O-])C=CC(C)=CC1. The minimum Gasteiger partial charge on any atom is -0.370 e. The number of nitrogens with two attached hydrogens (primary N) is 1. The maximum atomic E-state index is 11.4. The van der Waals surface area contributed by atoms with Crippen LogP contribution in [0.1, 0.15) is 26.7 Å². The van der Waals surface area contributed by atoms with E-state index >= 15 is 0 Å². The molecule has 0 radical (unpaired) electrons. The molecular formula is C16H19ClN4O2. The van der Waals surface area contributed by atoms with Gasteiger partial charge in [0.25, 0.3) is 5.69 Å². The molecule has 0 aliphatic heterocycles. The van der Waals surface area contributed by atoms with Gasteiger partial charge in [-0.25, -0.2) is 0 Å². The van der Waals surface area contributed by atoms with E-state index in [9.17, 15) is 10.1 Å². The van der Waals surface area contributed by atoms with E-state index in [0.717, 1.165) is 5.57 Å². The Morgan fingerprint density at radius 1 is 1.57 bits per heavy atom. The third-order valence-corrected chi connectivity index (χ3v) is 4.34. The molecule has 1 atom stereocenters. The normalized spacial score (nSPS) is 20.0. The lowest BCUT2D eigenvalue weighted by Crippen LogP contribution is -2.54. The molecule has 23 heavy (non-hydrogen) atoms. The van der Waals surface area contributed by atoms with Crippen molar-refractivity contribution in [1.29, 1.82) is 5.41 Å². The molecule has 0 fully saturated rings. The number of anilines is 1. The first kappa shape index (κ1) is 17.0. The van der Waals surface area contributed by atoms with Gasteiger partial charge in [-0.2, -0.15) is 0 Å². The fourth-order valence-electron chi connectivity index (χ4n) is 2.79. The highest BCUT2D eigenvalue weighted by atomic mass is 35.5. The molecule has 3 N–H and O–H groups in total. The highest BCUT2D eigenvalue weighted by molar-refractivity contribution is 6.31. The summed E-state index contributed by atoms with van der Waals surface area (Å²) in [6.45, 7) is 3.95. The molecule has 0 saturated carbocycles. The topological polar surface area (TPSA) is 96.2 Å². The van der Waals surface area contributed by atoms with Crippen LogP contribution in [-0.2, 0) is 0 Å². The molecule has 1 aliphatic rings. The molecule has 1 aromatic carbocycles. The monoisotopic (exact) mass is 334 g/mol. The van der Waals surface area contributed by atoms with E-state index in [0.29, 0.717) is 12.8 Å². The van der Waals surface area contributed by atoms with E-state index in [-0.39, 0.29) is 22.4 Å². The molecule has 1 aromatic rings. The van der Waals surface area contributed by atoms with Gasteiger partial charge in [-0.05, 0) is 31.9 Å². The molecule has 0 spiro atoms. The fraction of sp³-hybridized carbons (Fsp3) is 0.312. The van der Waals surface area contributed by atoms with Gasteiger partial charge in [0.15, 0.2) is 5.96 Å². The number of rotatable bonds is 4. The van der Waals surface area contributed by atoms with Crippen molar-refractivity contribution in [3.63, 3.8) is 0 Å². The average Bonchev–Trinajstić information content (AvgIpc) is 2.50. The van der Waals surface area contributed by atoms with E-state index in [2.05, 4.69) is 0 Å². The molecule has 6 nitrogen and oxygen atoms in total. The summed E-state index contributed by atoms with van der Waals surface area (Å²) in [5.41, 5.74) is 6.41. The van der Waals surface area contributed by atoms with Crippen LogP contribution in [0.2, 0.25) is 5.02 Å². The number of halogens is 1. The number of allylic oxidation sites excluding steroid dienone is 2. The molecule has 1 unspecified atom stereocenters. The van der Waals surface area contributed by atoms with Gasteiger partial charge >= 0.3 is 0 Å². The van der Waals surface area contributed by atoms with Crippen LogP contribution in [0.5, 0.6) is 0 Å². The highest BCUT2D eigenvalue weighted by Crippen LogP contribution is 2.39. The number of hydrogen-bond acceptors (Lipinski definition) is 3. The van der Waals surface area contributed by atoms with Crippen LogP contribution in [0, 0.1) is 15.5 Å². The highest BCUT2D eigenvalue weighted by Gasteiger charge is 2.38. The number of guanidine groups is 1. The van der Waals surface area contributed by atoms with Crippen LogP contribution in [-0.4, -0.2) is 16.4 Å². The summed E-state index contributed by atoms with van der Waals surface area (Å²) in [7, 11) is 0. The number of benzene rings is 1. The van der Waals surface area contributed by atoms with Crippen molar-refractivity contribution in [2.45, 2.75) is 32.2 Å².